The summed E-state index contributed by atoms with van der Waals surface area (Å²) < 4.78 is 5.35. The minimum absolute atomic E-state index is 0.166. The van der Waals surface area contributed by atoms with E-state index in [-0.39, 0.29) is 5.41 Å². The summed E-state index contributed by atoms with van der Waals surface area (Å²) in [5.74, 6) is 1.81. The Balaban J connectivity index is 1.85. The quantitative estimate of drug-likeness (QED) is 0.752. The van der Waals surface area contributed by atoms with E-state index in [1.54, 1.807) is 0 Å². The topological polar surface area (TPSA) is 49.7 Å². The molecule has 0 spiro atoms. The molecule has 0 unspecified atom stereocenters. The summed E-state index contributed by atoms with van der Waals surface area (Å²) in [4.78, 5) is 0. The predicted octanol–water partition coefficient (Wildman–Crippen LogP) is 3.98. The molecule has 3 fully saturated rings. The van der Waals surface area contributed by atoms with Crippen LogP contribution in [0.4, 0.5) is 0 Å². The molecule has 2 aliphatic carbocycles. The predicted molar refractivity (Wildman–Crippen MR) is 96.3 cm³/mol. The third-order valence-electron chi connectivity index (χ3n) is 7.34. The molecule has 1 aliphatic heterocycles. The van der Waals surface area contributed by atoms with Crippen LogP contribution in [-0.2, 0) is 4.74 Å². The minimum atomic E-state index is -0.560. The monoisotopic (exact) mass is 332 g/mol. The number of rotatable bonds is 2. The van der Waals surface area contributed by atoms with Crippen molar-refractivity contribution in [2.75, 3.05) is 6.61 Å². The minimum Gasteiger partial charge on any atom is -0.491 e. The van der Waals surface area contributed by atoms with Crippen LogP contribution in [0, 0.1) is 23.2 Å². The molecule has 0 amide bonds. The van der Waals surface area contributed by atoms with Gasteiger partial charge in [-0.2, -0.15) is 0 Å². The Labute approximate surface area is 146 Å². The summed E-state index contributed by atoms with van der Waals surface area (Å²) in [6.45, 7) is 15.2. The van der Waals surface area contributed by atoms with Gasteiger partial charge in [0.1, 0.15) is 18.5 Å². The maximum absolute atomic E-state index is 10.7. The summed E-state index contributed by atoms with van der Waals surface area (Å²) in [7, 11) is 0. The Morgan fingerprint density at radius 3 is 2.62 bits per heavy atom. The highest BCUT2D eigenvalue weighted by molar-refractivity contribution is 5.32. The molecule has 2 N–H and O–H groups in total. The van der Waals surface area contributed by atoms with Gasteiger partial charge in [0.25, 0.3) is 0 Å². The van der Waals surface area contributed by atoms with Crippen molar-refractivity contribution in [2.45, 2.75) is 64.6 Å². The Bertz CT molecular complexity index is 574. The zero-order valence-corrected chi connectivity index (χ0v) is 15.3. The smallest absolute Gasteiger partial charge is 0.118 e. The third kappa shape index (κ3) is 2.76. The summed E-state index contributed by atoms with van der Waals surface area (Å²) in [6, 6.07) is 0. The molecule has 1 saturated heterocycles. The molecule has 3 nitrogen and oxygen atoms in total. The summed E-state index contributed by atoms with van der Waals surface area (Å²) in [5.41, 5.74) is 1.76. The van der Waals surface area contributed by atoms with E-state index in [0.717, 1.165) is 37.7 Å². The maximum Gasteiger partial charge on any atom is 0.118 e. The number of ether oxygens (including phenoxy) is 1. The van der Waals surface area contributed by atoms with Gasteiger partial charge in [0.05, 0.1) is 5.60 Å². The van der Waals surface area contributed by atoms with E-state index < -0.39 is 11.7 Å². The number of aliphatic hydroxyl groups excluding tert-OH is 1. The van der Waals surface area contributed by atoms with Crippen LogP contribution in [0.2, 0.25) is 0 Å². The molecule has 3 rings (SSSR count). The van der Waals surface area contributed by atoms with Gasteiger partial charge in [0.2, 0.25) is 0 Å². The molecule has 3 heteroatoms. The average molecular weight is 332 g/mol. The van der Waals surface area contributed by atoms with Crippen LogP contribution in [0.5, 0.6) is 0 Å². The van der Waals surface area contributed by atoms with E-state index in [1.807, 2.05) is 6.92 Å². The zero-order chi connectivity index (χ0) is 17.7. The van der Waals surface area contributed by atoms with Crippen LogP contribution in [0.25, 0.3) is 0 Å². The van der Waals surface area contributed by atoms with Gasteiger partial charge < -0.3 is 14.9 Å². The second-order valence-corrected chi connectivity index (χ2v) is 8.65. The van der Waals surface area contributed by atoms with Crippen LogP contribution in [0.1, 0.15) is 52.9 Å². The Kier molecular flexibility index (Phi) is 4.46. The Morgan fingerprint density at radius 2 is 2.00 bits per heavy atom. The van der Waals surface area contributed by atoms with Gasteiger partial charge in [0.15, 0.2) is 0 Å². The second-order valence-electron chi connectivity index (χ2n) is 8.65. The molecule has 0 aromatic carbocycles. The van der Waals surface area contributed by atoms with Crippen molar-refractivity contribution in [3.8, 4) is 0 Å². The molecule has 0 radical (unpaired) electrons. The number of allylic oxidation sites excluding steroid dienone is 2. The van der Waals surface area contributed by atoms with E-state index in [4.69, 9.17) is 4.74 Å². The van der Waals surface area contributed by atoms with E-state index >= 15 is 0 Å². The molecular weight excluding hydrogens is 300 g/mol. The largest absolute Gasteiger partial charge is 0.491 e. The standard InChI is InChI=1S/C21H32O3/c1-13-6-8-18-14(2)21(5,23)11-10-20(18,4)17(13)9-7-16-15(3)24-12-19(16)22/h7,14,17-19,22-23H,1,3,6,8-12H2,2,4-5H3/b16-7-/t14-,17-,18-,19-,20+,21-/m1/s1. The van der Waals surface area contributed by atoms with E-state index in [0.29, 0.717) is 30.1 Å². The third-order valence-corrected chi connectivity index (χ3v) is 7.34. The fourth-order valence-electron chi connectivity index (χ4n) is 5.40. The lowest BCUT2D eigenvalue weighted by Gasteiger charge is -2.58. The van der Waals surface area contributed by atoms with Crippen molar-refractivity contribution < 1.29 is 14.9 Å². The van der Waals surface area contributed by atoms with Crippen LogP contribution >= 0.6 is 0 Å². The first-order valence-electron chi connectivity index (χ1n) is 9.27. The highest BCUT2D eigenvalue weighted by Gasteiger charge is 2.54. The summed E-state index contributed by atoms with van der Waals surface area (Å²) >= 11 is 0. The van der Waals surface area contributed by atoms with Crippen molar-refractivity contribution in [1.82, 2.24) is 0 Å². The summed E-state index contributed by atoms with van der Waals surface area (Å²) in [6.07, 6.45) is 6.47. The molecule has 3 aliphatic rings. The molecule has 24 heavy (non-hydrogen) atoms. The van der Waals surface area contributed by atoms with Crippen LogP contribution in [-0.4, -0.2) is 28.5 Å². The van der Waals surface area contributed by atoms with Crippen molar-refractivity contribution >= 4 is 0 Å². The first-order valence-corrected chi connectivity index (χ1v) is 9.27. The van der Waals surface area contributed by atoms with Crippen LogP contribution < -0.4 is 0 Å². The van der Waals surface area contributed by atoms with Crippen molar-refractivity contribution in [1.29, 1.82) is 0 Å². The number of fused-ring (bicyclic) bond motifs is 1. The van der Waals surface area contributed by atoms with Gasteiger partial charge in [-0.15, -0.1) is 0 Å². The first-order chi connectivity index (χ1) is 11.2. The van der Waals surface area contributed by atoms with E-state index in [1.165, 1.54) is 5.57 Å². The lowest BCUT2D eigenvalue weighted by atomic mass is 9.48. The van der Waals surface area contributed by atoms with Gasteiger partial charge in [-0.05, 0) is 62.2 Å². The molecule has 1 heterocycles. The molecule has 0 bridgehead atoms. The number of aliphatic hydroxyl groups is 2. The molecule has 6 atom stereocenters. The Hall–Kier alpha value is -1.06. The zero-order valence-electron chi connectivity index (χ0n) is 15.3. The summed E-state index contributed by atoms with van der Waals surface area (Å²) in [5, 5.41) is 20.8. The van der Waals surface area contributed by atoms with Gasteiger partial charge in [-0.25, -0.2) is 0 Å². The molecule has 0 aromatic rings. The lowest BCUT2D eigenvalue weighted by Crippen LogP contribution is -2.54. The normalized spacial score (nSPS) is 47.6. The number of hydrogen-bond acceptors (Lipinski definition) is 3. The SMILES string of the molecule is C=C1OC[C@@H](O)/C1=C\C[C@@H]1C(=C)CC[C@@H]2[C@@H](C)[C@](C)(O)CC[C@@]12C. The maximum atomic E-state index is 10.7. The first kappa shape index (κ1) is 17.8. The van der Waals surface area contributed by atoms with Crippen molar-refractivity contribution in [3.05, 3.63) is 36.1 Å². The molecule has 0 aromatic heterocycles. The fourth-order valence-corrected chi connectivity index (χ4v) is 5.40. The molecule has 2 saturated carbocycles. The fraction of sp³-hybridized carbons (Fsp3) is 0.714. The second kappa shape index (κ2) is 6.03. The highest BCUT2D eigenvalue weighted by Crippen LogP contribution is 2.59. The van der Waals surface area contributed by atoms with Gasteiger partial charge in [-0.3, -0.25) is 0 Å². The van der Waals surface area contributed by atoms with Gasteiger partial charge >= 0.3 is 0 Å². The Morgan fingerprint density at radius 1 is 1.29 bits per heavy atom. The number of hydrogen-bond donors (Lipinski definition) is 2. The van der Waals surface area contributed by atoms with Gasteiger partial charge in [0, 0.05) is 5.57 Å². The van der Waals surface area contributed by atoms with Gasteiger partial charge in [-0.1, -0.05) is 38.7 Å². The van der Waals surface area contributed by atoms with Crippen molar-refractivity contribution in [2.24, 2.45) is 23.2 Å². The van der Waals surface area contributed by atoms with Crippen LogP contribution in [0.15, 0.2) is 36.1 Å². The van der Waals surface area contributed by atoms with E-state index in [2.05, 4.69) is 33.1 Å². The molecular formula is C21H32O3. The van der Waals surface area contributed by atoms with Crippen LogP contribution in [0.3, 0.4) is 0 Å². The molecule has 134 valence electrons. The average Bonchev–Trinajstić information content (AvgIpc) is 2.83. The van der Waals surface area contributed by atoms with Crippen molar-refractivity contribution in [3.63, 3.8) is 0 Å². The highest BCUT2D eigenvalue weighted by atomic mass is 16.5. The lowest BCUT2D eigenvalue weighted by molar-refractivity contribution is -0.124. The van der Waals surface area contributed by atoms with E-state index in [9.17, 15) is 10.2 Å².